The van der Waals surface area contributed by atoms with E-state index in [2.05, 4.69) is 26.8 Å². The number of benzene rings is 1. The van der Waals surface area contributed by atoms with Gasteiger partial charge in [-0.15, -0.1) is 0 Å². The molecule has 1 N–H and O–H groups in total. The van der Waals surface area contributed by atoms with Crippen molar-refractivity contribution >= 4 is 10.1 Å². The molecule has 0 aliphatic heterocycles. The second-order valence-corrected chi connectivity index (χ2v) is 14.8. The van der Waals surface area contributed by atoms with E-state index in [0.717, 1.165) is 31.2 Å². The van der Waals surface area contributed by atoms with Crippen molar-refractivity contribution in [1.82, 2.24) is 0 Å². The summed E-state index contributed by atoms with van der Waals surface area (Å²) < 4.78 is 31.2. The smallest absolute Gasteiger partial charge is 0.296 e. The van der Waals surface area contributed by atoms with Crippen molar-refractivity contribution < 1.29 is 17.7 Å². The maximum atomic E-state index is 12.8. The predicted molar refractivity (Wildman–Crippen MR) is 139 cm³/mol. The van der Waals surface area contributed by atoms with Crippen molar-refractivity contribution in [2.45, 2.75) is 96.5 Å². The normalized spacial score (nSPS) is 41.9. The van der Waals surface area contributed by atoms with Crippen LogP contribution in [0.4, 0.5) is 0 Å². The lowest BCUT2D eigenvalue weighted by molar-refractivity contribution is -0.0717. The lowest BCUT2D eigenvalue weighted by atomic mass is 9.46. The van der Waals surface area contributed by atoms with E-state index in [4.69, 9.17) is 4.18 Å². The molecule has 0 amide bonds. The number of hydrogen-bond acceptors (Lipinski definition) is 4. The molecule has 35 heavy (non-hydrogen) atoms. The van der Waals surface area contributed by atoms with Gasteiger partial charge >= 0.3 is 0 Å². The molecule has 3 saturated carbocycles. The molecule has 0 saturated heterocycles. The summed E-state index contributed by atoms with van der Waals surface area (Å²) in [6.45, 7) is 11.4. The van der Waals surface area contributed by atoms with Crippen LogP contribution in [0.1, 0.15) is 84.6 Å². The number of aliphatic hydroxyl groups is 1. The zero-order chi connectivity index (χ0) is 25.2. The van der Waals surface area contributed by atoms with Crippen LogP contribution >= 0.6 is 0 Å². The Bertz CT molecular complexity index is 1090. The zero-order valence-corrected chi connectivity index (χ0v) is 23.0. The van der Waals surface area contributed by atoms with Gasteiger partial charge < -0.3 is 5.11 Å². The summed E-state index contributed by atoms with van der Waals surface area (Å²) in [5.74, 6) is 2.81. The zero-order valence-electron chi connectivity index (χ0n) is 22.2. The van der Waals surface area contributed by atoms with Crippen LogP contribution in [0.3, 0.4) is 0 Å². The maximum absolute atomic E-state index is 12.8. The van der Waals surface area contributed by atoms with Crippen molar-refractivity contribution in [3.05, 3.63) is 41.5 Å². The van der Waals surface area contributed by atoms with Crippen molar-refractivity contribution in [3.8, 4) is 0 Å². The van der Waals surface area contributed by atoms with Gasteiger partial charge in [-0.05, 0) is 118 Å². The van der Waals surface area contributed by atoms with E-state index in [1.807, 2.05) is 26.0 Å². The molecule has 4 aliphatic rings. The Hall–Kier alpha value is -1.17. The molecular weight excluding hydrogens is 456 g/mol. The van der Waals surface area contributed by atoms with Crippen LogP contribution in [0.15, 0.2) is 40.8 Å². The number of allylic oxidation sites excluding steroid dienone is 1. The molecular formula is C30H44O4S. The van der Waals surface area contributed by atoms with E-state index in [0.29, 0.717) is 23.7 Å². The molecule has 0 radical (unpaired) electrons. The van der Waals surface area contributed by atoms with Crippen molar-refractivity contribution in [1.29, 1.82) is 0 Å². The van der Waals surface area contributed by atoms with Crippen LogP contribution in [0.2, 0.25) is 0 Å². The Kier molecular flexibility index (Phi) is 6.33. The summed E-state index contributed by atoms with van der Waals surface area (Å²) in [6.07, 6.45) is 11.4. The first-order valence-electron chi connectivity index (χ1n) is 13.7. The van der Waals surface area contributed by atoms with Gasteiger partial charge in [-0.3, -0.25) is 4.18 Å². The van der Waals surface area contributed by atoms with E-state index in [9.17, 15) is 13.5 Å². The second-order valence-electron chi connectivity index (χ2n) is 13.2. The Morgan fingerprint density at radius 3 is 2.46 bits per heavy atom. The standard InChI is InChI=1S/C30H44O4S/c1-20-6-9-23(10-7-20)35(32,33)34-19-21(2)25-12-13-26-24-11-8-22-18-28(3,31)16-17-29(22,4)27(24)14-15-30(25,26)5/h6-10,21,24-27,31H,11-19H2,1-5H3/t21-,24+,25-,26+,27+,28+,29+,30-/m1/s1. The van der Waals surface area contributed by atoms with Gasteiger partial charge in [0.1, 0.15) is 0 Å². The summed E-state index contributed by atoms with van der Waals surface area (Å²) in [7, 11) is -3.73. The first kappa shape index (κ1) is 25.5. The summed E-state index contributed by atoms with van der Waals surface area (Å²) in [4.78, 5) is 0.246. The molecule has 4 aliphatic carbocycles. The summed E-state index contributed by atoms with van der Waals surface area (Å²) in [6, 6.07) is 6.91. The monoisotopic (exact) mass is 500 g/mol. The highest BCUT2D eigenvalue weighted by atomic mass is 32.2. The summed E-state index contributed by atoms with van der Waals surface area (Å²) in [5.41, 5.74) is 2.49. The van der Waals surface area contributed by atoms with Gasteiger partial charge in [-0.2, -0.15) is 8.42 Å². The van der Waals surface area contributed by atoms with Crippen molar-refractivity contribution in [2.24, 2.45) is 40.4 Å². The van der Waals surface area contributed by atoms with Gasteiger partial charge in [0.2, 0.25) is 0 Å². The van der Waals surface area contributed by atoms with Crippen LogP contribution in [-0.4, -0.2) is 25.7 Å². The summed E-state index contributed by atoms with van der Waals surface area (Å²) in [5, 5.41) is 10.7. The van der Waals surface area contributed by atoms with Crippen LogP contribution in [-0.2, 0) is 14.3 Å². The van der Waals surface area contributed by atoms with Crippen LogP contribution < -0.4 is 0 Å². The maximum Gasteiger partial charge on any atom is 0.296 e. The SMILES string of the molecule is Cc1ccc(S(=O)(=O)OC[C@@H](C)[C@H]2CC[C@H]3[C@@H]4CC=C5C[C@@](C)(O)CC[C@]5(C)[C@H]4CC[C@]23C)cc1. The van der Waals surface area contributed by atoms with E-state index in [1.54, 1.807) is 12.1 Å². The highest BCUT2D eigenvalue weighted by Crippen LogP contribution is 2.67. The average Bonchev–Trinajstić information content (AvgIpc) is 3.15. The Labute approximate surface area is 212 Å². The molecule has 0 spiro atoms. The van der Waals surface area contributed by atoms with Gasteiger partial charge in [-0.1, -0.05) is 50.1 Å². The molecule has 5 heteroatoms. The second kappa shape index (κ2) is 8.70. The Morgan fingerprint density at radius 1 is 1.03 bits per heavy atom. The van der Waals surface area contributed by atoms with Gasteiger partial charge in [0.05, 0.1) is 17.1 Å². The number of hydrogen-bond donors (Lipinski definition) is 1. The van der Waals surface area contributed by atoms with Crippen LogP contribution in [0.25, 0.3) is 0 Å². The largest absolute Gasteiger partial charge is 0.390 e. The van der Waals surface area contributed by atoms with E-state index < -0.39 is 15.7 Å². The molecule has 8 atom stereocenters. The first-order valence-corrected chi connectivity index (χ1v) is 15.1. The highest BCUT2D eigenvalue weighted by Gasteiger charge is 2.59. The summed E-state index contributed by atoms with van der Waals surface area (Å²) >= 11 is 0. The van der Waals surface area contributed by atoms with Crippen LogP contribution in [0, 0.1) is 47.3 Å². The van der Waals surface area contributed by atoms with Crippen molar-refractivity contribution in [3.63, 3.8) is 0 Å². The number of aryl methyl sites for hydroxylation is 1. The van der Waals surface area contributed by atoms with Crippen molar-refractivity contribution in [2.75, 3.05) is 6.61 Å². The predicted octanol–water partition coefficient (Wildman–Crippen LogP) is 6.67. The fourth-order valence-corrected chi connectivity index (χ4v) is 9.87. The topological polar surface area (TPSA) is 63.6 Å². The fourth-order valence-electron chi connectivity index (χ4n) is 8.87. The lowest BCUT2D eigenvalue weighted by Gasteiger charge is -2.59. The quantitative estimate of drug-likeness (QED) is 0.362. The molecule has 0 aromatic heterocycles. The average molecular weight is 501 g/mol. The minimum Gasteiger partial charge on any atom is -0.390 e. The van der Waals surface area contributed by atoms with Gasteiger partial charge in [0.25, 0.3) is 10.1 Å². The van der Waals surface area contributed by atoms with Crippen LogP contribution in [0.5, 0.6) is 0 Å². The molecule has 1 aromatic rings. The fraction of sp³-hybridized carbons (Fsp3) is 0.733. The lowest BCUT2D eigenvalue weighted by Crippen LogP contribution is -2.52. The minimum absolute atomic E-state index is 0.205. The molecule has 5 rings (SSSR count). The van der Waals surface area contributed by atoms with Gasteiger partial charge in [-0.25, -0.2) is 0 Å². The molecule has 0 heterocycles. The number of rotatable bonds is 5. The molecule has 3 fully saturated rings. The molecule has 0 bridgehead atoms. The van der Waals surface area contributed by atoms with Gasteiger partial charge in [0.15, 0.2) is 0 Å². The Morgan fingerprint density at radius 2 is 1.74 bits per heavy atom. The third-order valence-corrected chi connectivity index (χ3v) is 12.2. The number of fused-ring (bicyclic) bond motifs is 5. The molecule has 0 unspecified atom stereocenters. The van der Waals surface area contributed by atoms with E-state index >= 15 is 0 Å². The molecule has 1 aromatic carbocycles. The first-order chi connectivity index (χ1) is 16.4. The molecule has 4 nitrogen and oxygen atoms in total. The van der Waals surface area contributed by atoms with Gasteiger partial charge in [0, 0.05) is 0 Å². The third-order valence-electron chi connectivity index (χ3n) is 10.9. The minimum atomic E-state index is -3.73. The van der Waals surface area contributed by atoms with E-state index in [-0.39, 0.29) is 28.3 Å². The van der Waals surface area contributed by atoms with E-state index in [1.165, 1.54) is 31.3 Å². The molecule has 194 valence electrons. The third kappa shape index (κ3) is 4.34. The highest BCUT2D eigenvalue weighted by molar-refractivity contribution is 7.86. The Balaban J connectivity index is 1.29.